The van der Waals surface area contributed by atoms with Crippen molar-refractivity contribution in [2.45, 2.75) is 56.7 Å². The van der Waals surface area contributed by atoms with E-state index in [4.69, 9.17) is 19.4 Å². The van der Waals surface area contributed by atoms with Crippen molar-refractivity contribution in [1.29, 1.82) is 0 Å². The summed E-state index contributed by atoms with van der Waals surface area (Å²) in [5.41, 5.74) is 3.15. The van der Waals surface area contributed by atoms with Crippen LogP contribution in [0.1, 0.15) is 67.0 Å². The van der Waals surface area contributed by atoms with Gasteiger partial charge in [0.15, 0.2) is 5.78 Å². The maximum atomic E-state index is 13.9. The molecule has 236 valence electrons. The first-order valence-corrected chi connectivity index (χ1v) is 15.9. The van der Waals surface area contributed by atoms with Crippen molar-refractivity contribution in [3.8, 4) is 22.8 Å². The van der Waals surface area contributed by atoms with Crippen molar-refractivity contribution >= 4 is 27.7 Å². The average Bonchev–Trinajstić information content (AvgIpc) is 3.67. The highest BCUT2D eigenvalue weighted by Gasteiger charge is 2.44. The lowest BCUT2D eigenvalue weighted by Crippen LogP contribution is -2.29. The van der Waals surface area contributed by atoms with Crippen LogP contribution in [0.3, 0.4) is 0 Å². The molecule has 3 aromatic heterocycles. The Morgan fingerprint density at radius 1 is 1.09 bits per heavy atom. The summed E-state index contributed by atoms with van der Waals surface area (Å²) in [7, 11) is 0. The standard InChI is InChI=1S/C38H33FN4O4/c1-37(36-41-28-7-3-4-8-29(28)42-36)21-46-35-27(37)20-32(43-34(35)22-9-11-25(39)12-10-22)38(2,45)16-15-30(44)24-18-23-6-5-17-40-33(23)31(19-24)47-26-13-14-26/h3-12,17-20,26,45H,13-16,21H2,1-2H3,(H,41,42)/t37-,38-/m0/s1. The highest BCUT2D eigenvalue weighted by atomic mass is 19.1. The van der Waals surface area contributed by atoms with Gasteiger partial charge in [0.1, 0.15) is 46.6 Å². The van der Waals surface area contributed by atoms with E-state index < -0.39 is 11.0 Å². The van der Waals surface area contributed by atoms with E-state index in [1.54, 1.807) is 31.3 Å². The quantitative estimate of drug-likeness (QED) is 0.160. The van der Waals surface area contributed by atoms with Crippen LogP contribution in [0.5, 0.6) is 11.5 Å². The Kier molecular flexibility index (Phi) is 6.84. The second kappa shape index (κ2) is 11.0. The molecule has 0 bridgehead atoms. The number of rotatable bonds is 9. The molecule has 0 unspecified atom stereocenters. The minimum Gasteiger partial charge on any atom is -0.490 e. The van der Waals surface area contributed by atoms with Gasteiger partial charge in [-0.05, 0) is 93.8 Å². The predicted octanol–water partition coefficient (Wildman–Crippen LogP) is 7.42. The van der Waals surface area contributed by atoms with Crippen LogP contribution in [0.4, 0.5) is 4.39 Å². The topological polar surface area (TPSA) is 110 Å². The number of hydrogen-bond donors (Lipinski definition) is 2. The van der Waals surface area contributed by atoms with Gasteiger partial charge in [-0.15, -0.1) is 0 Å². The fourth-order valence-corrected chi connectivity index (χ4v) is 6.28. The Bertz CT molecular complexity index is 2140. The number of Topliss-reactive ketones (excluding diaryl/α,β-unsaturated/α-hetero) is 1. The number of nitrogens with zero attached hydrogens (tertiary/aromatic N) is 3. The number of pyridine rings is 2. The van der Waals surface area contributed by atoms with E-state index in [0.29, 0.717) is 40.6 Å². The number of ketones is 1. The molecule has 1 aliphatic heterocycles. The second-order valence-corrected chi connectivity index (χ2v) is 13.0. The number of para-hydroxylation sites is 2. The fraction of sp³-hybridized carbons (Fsp3) is 0.263. The lowest BCUT2D eigenvalue weighted by molar-refractivity contribution is 0.0397. The Labute approximate surface area is 270 Å². The molecule has 4 heterocycles. The number of carbonyl (C=O) groups excluding carboxylic acids is 1. The summed E-state index contributed by atoms with van der Waals surface area (Å²) >= 11 is 0. The third-order valence-electron chi connectivity index (χ3n) is 9.30. The van der Waals surface area contributed by atoms with Crippen LogP contribution in [0.15, 0.2) is 85.1 Å². The Hall–Kier alpha value is -5.15. The first-order chi connectivity index (χ1) is 22.7. The molecule has 0 radical (unpaired) electrons. The molecule has 47 heavy (non-hydrogen) atoms. The largest absolute Gasteiger partial charge is 0.490 e. The van der Waals surface area contributed by atoms with Crippen LogP contribution in [0, 0.1) is 5.82 Å². The molecule has 0 saturated heterocycles. The zero-order valence-electron chi connectivity index (χ0n) is 26.1. The Morgan fingerprint density at radius 2 is 1.89 bits per heavy atom. The van der Waals surface area contributed by atoms with Crippen LogP contribution in [0.25, 0.3) is 33.2 Å². The molecule has 0 spiro atoms. The molecule has 9 heteroatoms. The van der Waals surface area contributed by atoms with Gasteiger partial charge in [-0.2, -0.15) is 0 Å². The van der Waals surface area contributed by atoms with E-state index in [-0.39, 0.29) is 30.5 Å². The molecule has 2 N–H and O–H groups in total. The highest BCUT2D eigenvalue weighted by molar-refractivity contribution is 6.01. The monoisotopic (exact) mass is 628 g/mol. The summed E-state index contributed by atoms with van der Waals surface area (Å²) in [4.78, 5) is 31.3. The van der Waals surface area contributed by atoms with Crippen LogP contribution in [-0.2, 0) is 11.0 Å². The molecule has 8 nitrogen and oxygen atoms in total. The third-order valence-corrected chi connectivity index (χ3v) is 9.30. The number of ether oxygens (including phenoxy) is 2. The molecule has 0 amide bonds. The van der Waals surface area contributed by atoms with Gasteiger partial charge < -0.3 is 19.6 Å². The summed E-state index contributed by atoms with van der Waals surface area (Å²) in [5.74, 6) is 1.41. The molecule has 8 rings (SSSR count). The summed E-state index contributed by atoms with van der Waals surface area (Å²) < 4.78 is 26.4. The van der Waals surface area contributed by atoms with Crippen LogP contribution < -0.4 is 9.47 Å². The number of H-pyrrole nitrogens is 1. The number of benzene rings is 3. The third kappa shape index (κ3) is 5.30. The van der Waals surface area contributed by atoms with E-state index in [9.17, 15) is 14.3 Å². The molecule has 2 aliphatic rings. The molecule has 1 fully saturated rings. The van der Waals surface area contributed by atoms with E-state index in [0.717, 1.165) is 46.2 Å². The molecule has 2 atom stereocenters. The number of aromatic amines is 1. The Morgan fingerprint density at radius 3 is 2.68 bits per heavy atom. The zero-order valence-corrected chi connectivity index (χ0v) is 26.1. The minimum atomic E-state index is -1.48. The van der Waals surface area contributed by atoms with E-state index >= 15 is 0 Å². The number of nitrogens with one attached hydrogen (secondary N) is 1. The number of aromatic nitrogens is 4. The van der Waals surface area contributed by atoms with E-state index in [2.05, 4.69) is 9.97 Å². The summed E-state index contributed by atoms with van der Waals surface area (Å²) in [5, 5.41) is 12.8. The van der Waals surface area contributed by atoms with E-state index in [1.165, 1.54) is 12.1 Å². The van der Waals surface area contributed by atoms with Gasteiger partial charge >= 0.3 is 0 Å². The first-order valence-electron chi connectivity index (χ1n) is 15.9. The maximum absolute atomic E-state index is 13.9. The number of halogens is 1. The number of carbonyl (C=O) groups is 1. The lowest BCUT2D eigenvalue weighted by Gasteiger charge is -2.26. The number of fused-ring (bicyclic) bond motifs is 3. The van der Waals surface area contributed by atoms with Gasteiger partial charge in [0, 0.05) is 34.7 Å². The molecule has 1 saturated carbocycles. The van der Waals surface area contributed by atoms with Crippen LogP contribution in [-0.4, -0.2) is 43.5 Å². The van der Waals surface area contributed by atoms with Gasteiger partial charge in [-0.3, -0.25) is 9.78 Å². The maximum Gasteiger partial charge on any atom is 0.163 e. The van der Waals surface area contributed by atoms with Crippen LogP contribution in [0.2, 0.25) is 0 Å². The first kappa shape index (κ1) is 29.3. The number of hydrogen-bond acceptors (Lipinski definition) is 7. The van der Waals surface area contributed by atoms with Crippen molar-refractivity contribution in [2.75, 3.05) is 6.61 Å². The molecule has 3 aromatic carbocycles. The molecule has 1 aliphatic carbocycles. The van der Waals surface area contributed by atoms with Gasteiger partial charge in [0.05, 0.1) is 28.2 Å². The van der Waals surface area contributed by atoms with Crippen LogP contribution >= 0.6 is 0 Å². The lowest BCUT2D eigenvalue weighted by atomic mass is 9.81. The van der Waals surface area contributed by atoms with Gasteiger partial charge in [-0.25, -0.2) is 14.4 Å². The summed E-state index contributed by atoms with van der Waals surface area (Å²) in [6.07, 6.45) is 4.04. The summed E-state index contributed by atoms with van der Waals surface area (Å²) in [6, 6.07) is 23.1. The smallest absolute Gasteiger partial charge is 0.163 e. The van der Waals surface area contributed by atoms with Crippen molar-refractivity contribution in [3.63, 3.8) is 0 Å². The highest BCUT2D eigenvalue weighted by Crippen LogP contribution is 2.48. The molecule has 6 aromatic rings. The van der Waals surface area contributed by atoms with Crippen molar-refractivity contribution in [3.05, 3.63) is 114 Å². The number of imidazole rings is 1. The zero-order chi connectivity index (χ0) is 32.3. The second-order valence-electron chi connectivity index (χ2n) is 13.0. The summed E-state index contributed by atoms with van der Waals surface area (Å²) in [6.45, 7) is 4.01. The van der Waals surface area contributed by atoms with E-state index in [1.807, 2.05) is 55.5 Å². The van der Waals surface area contributed by atoms with Gasteiger partial charge in [0.2, 0.25) is 0 Å². The van der Waals surface area contributed by atoms with Crippen molar-refractivity contribution in [2.24, 2.45) is 0 Å². The predicted molar refractivity (Wildman–Crippen MR) is 176 cm³/mol. The number of aliphatic hydroxyl groups is 1. The average molecular weight is 629 g/mol. The van der Waals surface area contributed by atoms with Gasteiger partial charge in [0.25, 0.3) is 0 Å². The molecular formula is C38H33FN4O4. The normalized spacial score (nSPS) is 18.6. The fourth-order valence-electron chi connectivity index (χ4n) is 6.28. The SMILES string of the molecule is C[C@]1(c2nc3ccccc3[nH]2)COc2c1cc([C@@](C)(O)CCC(=O)c1cc(OC3CC3)c3ncccc3c1)nc2-c1ccc(F)cc1. The van der Waals surface area contributed by atoms with Crippen molar-refractivity contribution in [1.82, 2.24) is 19.9 Å². The molecular weight excluding hydrogens is 595 g/mol. The van der Waals surface area contributed by atoms with Gasteiger partial charge in [-0.1, -0.05) is 18.2 Å². The Balaban J connectivity index is 1.15. The minimum absolute atomic E-state index is 0.0730. The van der Waals surface area contributed by atoms with Crippen molar-refractivity contribution < 1.29 is 23.8 Å².